The molecule has 1 aliphatic rings. The second kappa shape index (κ2) is 5.08. The first-order valence-corrected chi connectivity index (χ1v) is 6.14. The Kier molecular flexibility index (Phi) is 3.86. The zero-order valence-electron chi connectivity index (χ0n) is 10.1. The lowest BCUT2D eigenvalue weighted by atomic mass is 9.95. The fourth-order valence-electron chi connectivity index (χ4n) is 2.13. The van der Waals surface area contributed by atoms with Gasteiger partial charge in [0, 0.05) is 5.69 Å². The van der Waals surface area contributed by atoms with Gasteiger partial charge in [0.2, 0.25) is 5.91 Å². The van der Waals surface area contributed by atoms with E-state index in [1.54, 1.807) is 0 Å². The minimum Gasteiger partial charge on any atom is -0.326 e. The highest BCUT2D eigenvalue weighted by Crippen LogP contribution is 2.49. The van der Waals surface area contributed by atoms with E-state index in [1.807, 2.05) is 0 Å². The molecular weight excluding hydrogens is 324 g/mol. The number of alkyl halides is 7. The van der Waals surface area contributed by atoms with Crippen LogP contribution < -0.4 is 5.32 Å². The summed E-state index contributed by atoms with van der Waals surface area (Å²) in [6.45, 7) is 0. The molecule has 0 aromatic heterocycles. The van der Waals surface area contributed by atoms with Gasteiger partial charge in [-0.05, 0) is 17.2 Å². The summed E-state index contributed by atoms with van der Waals surface area (Å²) in [5.74, 6) is -4.05. The maximum Gasteiger partial charge on any atom is 0.402 e. The van der Waals surface area contributed by atoms with E-state index in [-0.39, 0.29) is 17.9 Å². The minimum absolute atomic E-state index is 0.102. The largest absolute Gasteiger partial charge is 0.402 e. The molecule has 0 aliphatic carbocycles. The zero-order chi connectivity index (χ0) is 16.0. The van der Waals surface area contributed by atoms with Crippen molar-refractivity contribution >= 4 is 23.2 Å². The van der Waals surface area contributed by atoms with Gasteiger partial charge in [0.05, 0.1) is 11.8 Å². The van der Waals surface area contributed by atoms with Crippen LogP contribution in [0.3, 0.4) is 0 Å². The van der Waals surface area contributed by atoms with E-state index in [2.05, 4.69) is 5.32 Å². The highest BCUT2D eigenvalue weighted by Gasteiger charge is 2.60. The molecule has 2 nitrogen and oxygen atoms in total. The summed E-state index contributed by atoms with van der Waals surface area (Å²) in [5.41, 5.74) is 0.362. The molecule has 9 heteroatoms. The molecule has 1 N–H and O–H groups in total. The monoisotopic (exact) mass is 331 g/mol. The molecule has 0 saturated carbocycles. The van der Waals surface area contributed by atoms with Crippen molar-refractivity contribution in [3.63, 3.8) is 0 Å². The van der Waals surface area contributed by atoms with E-state index in [1.165, 1.54) is 6.07 Å². The summed E-state index contributed by atoms with van der Waals surface area (Å²) >= 11 is 5.43. The minimum atomic E-state index is -5.52. The molecule has 116 valence electrons. The van der Waals surface area contributed by atoms with Crippen LogP contribution >= 0.6 is 11.6 Å². The third kappa shape index (κ3) is 3.25. The number of benzene rings is 1. The molecule has 1 aromatic rings. The summed E-state index contributed by atoms with van der Waals surface area (Å²) in [6, 6.07) is 3.39. The SMILES string of the molecule is O=C1Cc2cc(C(Cl)C(C(F)(F)F)C(F)(F)F)ccc2N1. The Morgan fingerprint density at radius 1 is 1.10 bits per heavy atom. The van der Waals surface area contributed by atoms with E-state index < -0.39 is 23.6 Å². The molecule has 1 aliphatic heterocycles. The second-order valence-electron chi connectivity index (χ2n) is 4.60. The number of halogens is 7. The molecule has 1 atom stereocenters. The molecule has 1 heterocycles. The topological polar surface area (TPSA) is 29.1 Å². The first kappa shape index (κ1) is 15.9. The predicted octanol–water partition coefficient (Wildman–Crippen LogP) is 4.20. The lowest BCUT2D eigenvalue weighted by molar-refractivity contribution is -0.284. The van der Waals surface area contributed by atoms with Crippen LogP contribution in [0.1, 0.15) is 16.5 Å². The molecule has 0 spiro atoms. The molecule has 2 rings (SSSR count). The van der Waals surface area contributed by atoms with Crippen LogP contribution in [0, 0.1) is 5.92 Å². The number of carbonyl (C=O) groups excluding carboxylic acids is 1. The van der Waals surface area contributed by atoms with Crippen molar-refractivity contribution in [2.24, 2.45) is 5.92 Å². The van der Waals surface area contributed by atoms with Crippen LogP contribution in [0.5, 0.6) is 0 Å². The quantitative estimate of drug-likeness (QED) is 0.638. The average molecular weight is 332 g/mol. The molecule has 1 amide bonds. The van der Waals surface area contributed by atoms with E-state index in [9.17, 15) is 31.1 Å². The van der Waals surface area contributed by atoms with Crippen LogP contribution in [0.15, 0.2) is 18.2 Å². The van der Waals surface area contributed by atoms with Gasteiger partial charge < -0.3 is 5.32 Å². The molecule has 0 fully saturated rings. The standard InChI is InChI=1S/C12H8ClF6NO/c13-9(10(11(14,15)16)12(17,18)19)5-1-2-7-6(3-5)4-8(21)20-7/h1-3,9-10H,4H2,(H,20,21). The Labute approximate surface area is 120 Å². The van der Waals surface area contributed by atoms with Crippen LogP contribution in [0.2, 0.25) is 0 Å². The van der Waals surface area contributed by atoms with Gasteiger partial charge in [-0.3, -0.25) is 4.79 Å². The van der Waals surface area contributed by atoms with Gasteiger partial charge in [-0.25, -0.2) is 0 Å². The fraction of sp³-hybridized carbons (Fsp3) is 0.417. The van der Waals surface area contributed by atoms with Crippen molar-refractivity contribution in [2.45, 2.75) is 24.2 Å². The Morgan fingerprint density at radius 3 is 2.19 bits per heavy atom. The Bertz CT molecular complexity index is 554. The van der Waals surface area contributed by atoms with Crippen LogP contribution in [0.4, 0.5) is 32.0 Å². The first-order chi connectivity index (χ1) is 9.50. The van der Waals surface area contributed by atoms with E-state index >= 15 is 0 Å². The van der Waals surface area contributed by atoms with Gasteiger partial charge in [0.25, 0.3) is 0 Å². The van der Waals surface area contributed by atoms with Crippen molar-refractivity contribution in [1.82, 2.24) is 0 Å². The normalized spacial score (nSPS) is 16.9. The number of anilines is 1. The zero-order valence-corrected chi connectivity index (χ0v) is 10.9. The number of carbonyl (C=O) groups is 1. The third-order valence-electron chi connectivity index (χ3n) is 3.07. The van der Waals surface area contributed by atoms with Gasteiger partial charge in [-0.2, -0.15) is 26.3 Å². The molecule has 21 heavy (non-hydrogen) atoms. The van der Waals surface area contributed by atoms with Gasteiger partial charge in [-0.1, -0.05) is 12.1 Å². The number of nitrogens with one attached hydrogen (secondary N) is 1. The van der Waals surface area contributed by atoms with Crippen LogP contribution in [-0.2, 0) is 11.2 Å². The molecule has 0 radical (unpaired) electrons. The Morgan fingerprint density at radius 2 is 1.67 bits per heavy atom. The van der Waals surface area contributed by atoms with Crippen molar-refractivity contribution in [3.8, 4) is 0 Å². The fourth-order valence-corrected chi connectivity index (χ4v) is 2.55. The summed E-state index contributed by atoms with van der Waals surface area (Å²) in [6.07, 6.45) is -11.1. The molecular formula is C12H8ClF6NO. The molecule has 1 unspecified atom stereocenters. The van der Waals surface area contributed by atoms with Crippen LogP contribution in [-0.4, -0.2) is 18.3 Å². The maximum absolute atomic E-state index is 12.6. The smallest absolute Gasteiger partial charge is 0.326 e. The van der Waals surface area contributed by atoms with E-state index in [0.29, 0.717) is 11.3 Å². The van der Waals surface area contributed by atoms with Gasteiger partial charge >= 0.3 is 12.4 Å². The van der Waals surface area contributed by atoms with Crippen molar-refractivity contribution in [2.75, 3.05) is 5.32 Å². The van der Waals surface area contributed by atoms with Crippen molar-refractivity contribution < 1.29 is 31.1 Å². The number of amides is 1. The number of hydrogen-bond acceptors (Lipinski definition) is 1. The lowest BCUT2D eigenvalue weighted by Gasteiger charge is -2.27. The van der Waals surface area contributed by atoms with Crippen LogP contribution in [0.25, 0.3) is 0 Å². The third-order valence-corrected chi connectivity index (χ3v) is 3.57. The second-order valence-corrected chi connectivity index (χ2v) is 5.07. The predicted molar refractivity (Wildman–Crippen MR) is 63.0 cm³/mol. The first-order valence-electron chi connectivity index (χ1n) is 5.70. The Hall–Kier alpha value is -1.44. The molecule has 0 saturated heterocycles. The van der Waals surface area contributed by atoms with Gasteiger partial charge in [0.1, 0.15) is 0 Å². The Balaban J connectivity index is 2.37. The van der Waals surface area contributed by atoms with Gasteiger partial charge in [-0.15, -0.1) is 11.6 Å². The van der Waals surface area contributed by atoms with Crippen molar-refractivity contribution in [1.29, 1.82) is 0 Å². The van der Waals surface area contributed by atoms with Crippen molar-refractivity contribution in [3.05, 3.63) is 29.3 Å². The number of fused-ring (bicyclic) bond motifs is 1. The summed E-state index contributed by atoms with van der Waals surface area (Å²) in [7, 11) is 0. The highest BCUT2D eigenvalue weighted by atomic mass is 35.5. The number of hydrogen-bond donors (Lipinski definition) is 1. The van der Waals surface area contributed by atoms with Gasteiger partial charge in [0.15, 0.2) is 5.92 Å². The average Bonchev–Trinajstić information content (AvgIpc) is 2.63. The highest BCUT2D eigenvalue weighted by molar-refractivity contribution is 6.21. The summed E-state index contributed by atoms with van der Waals surface area (Å²) < 4.78 is 75.7. The summed E-state index contributed by atoms with van der Waals surface area (Å²) in [4.78, 5) is 11.1. The molecule has 0 bridgehead atoms. The van der Waals surface area contributed by atoms with E-state index in [0.717, 1.165) is 12.1 Å². The molecule has 1 aromatic carbocycles. The lowest BCUT2D eigenvalue weighted by Crippen LogP contribution is -2.39. The number of rotatable bonds is 2. The summed E-state index contributed by atoms with van der Waals surface area (Å²) in [5, 5.41) is 0.113. The van der Waals surface area contributed by atoms with E-state index in [4.69, 9.17) is 11.6 Å². The maximum atomic E-state index is 12.6.